The molecule has 0 saturated carbocycles. The molecule has 9 nitrogen and oxygen atoms in total. The van der Waals surface area contributed by atoms with Gasteiger partial charge in [-0.1, -0.05) is 6.07 Å². The topological polar surface area (TPSA) is 80.3 Å². The van der Waals surface area contributed by atoms with Crippen molar-refractivity contribution >= 4 is 28.3 Å². The Balaban J connectivity index is 1.44. The zero-order valence-corrected chi connectivity index (χ0v) is 14.7. The van der Waals surface area contributed by atoms with Crippen molar-refractivity contribution in [3.63, 3.8) is 0 Å². The van der Waals surface area contributed by atoms with E-state index in [2.05, 4.69) is 36.1 Å². The summed E-state index contributed by atoms with van der Waals surface area (Å²) in [6.45, 7) is 5.51. The van der Waals surface area contributed by atoms with Gasteiger partial charge in [0.05, 0.1) is 11.6 Å². The molecule has 0 aromatic carbocycles. The number of anilines is 2. The third-order valence-corrected chi connectivity index (χ3v) is 4.90. The van der Waals surface area contributed by atoms with Gasteiger partial charge in [-0.3, -0.25) is 9.08 Å². The van der Waals surface area contributed by atoms with E-state index in [1.165, 1.54) is 0 Å². The van der Waals surface area contributed by atoms with Gasteiger partial charge in [0.25, 0.3) is 0 Å². The summed E-state index contributed by atoms with van der Waals surface area (Å²) < 4.78 is 3.83. The zero-order valence-electron chi connectivity index (χ0n) is 14.7. The Morgan fingerprint density at radius 2 is 1.81 bits per heavy atom. The lowest BCUT2D eigenvalue weighted by atomic mass is 10.2. The van der Waals surface area contributed by atoms with Crippen molar-refractivity contribution in [2.75, 3.05) is 36.0 Å². The summed E-state index contributed by atoms with van der Waals surface area (Å²) in [5.41, 5.74) is 1.75. The van der Waals surface area contributed by atoms with Crippen molar-refractivity contribution in [1.29, 1.82) is 0 Å². The third kappa shape index (κ3) is 2.27. The minimum atomic E-state index is 0.771. The SMILES string of the molecule is Cc1nc(N2CCN(c3cccc4nncn34)CC2)c2cnn(C)c2n1. The van der Waals surface area contributed by atoms with Gasteiger partial charge in [0.15, 0.2) is 11.3 Å². The Kier molecular flexibility index (Phi) is 3.27. The quantitative estimate of drug-likeness (QED) is 0.535. The van der Waals surface area contributed by atoms with E-state index in [4.69, 9.17) is 4.98 Å². The van der Waals surface area contributed by atoms with E-state index < -0.39 is 0 Å². The molecule has 1 saturated heterocycles. The molecule has 1 aliphatic rings. The van der Waals surface area contributed by atoms with E-state index >= 15 is 0 Å². The molecule has 0 radical (unpaired) electrons. The van der Waals surface area contributed by atoms with Crippen molar-refractivity contribution in [2.24, 2.45) is 7.05 Å². The highest BCUT2D eigenvalue weighted by molar-refractivity contribution is 5.87. The van der Waals surface area contributed by atoms with Gasteiger partial charge in [0.2, 0.25) is 0 Å². The molecule has 1 fully saturated rings. The van der Waals surface area contributed by atoms with Crippen LogP contribution in [0.5, 0.6) is 0 Å². The van der Waals surface area contributed by atoms with Crippen LogP contribution in [0.1, 0.15) is 5.82 Å². The monoisotopic (exact) mass is 349 g/mol. The molecule has 0 unspecified atom stereocenters. The van der Waals surface area contributed by atoms with E-state index in [1.54, 1.807) is 11.0 Å². The van der Waals surface area contributed by atoms with Gasteiger partial charge in [0, 0.05) is 33.2 Å². The fourth-order valence-electron chi connectivity index (χ4n) is 3.59. The molecule has 4 aromatic rings. The minimum absolute atomic E-state index is 0.771. The molecule has 5 rings (SSSR count). The number of nitrogens with zero attached hydrogens (tertiary/aromatic N) is 9. The van der Waals surface area contributed by atoms with Gasteiger partial charge >= 0.3 is 0 Å². The molecule has 0 N–H and O–H groups in total. The Morgan fingerprint density at radius 1 is 1.00 bits per heavy atom. The summed E-state index contributed by atoms with van der Waals surface area (Å²) in [6.07, 6.45) is 3.62. The number of fused-ring (bicyclic) bond motifs is 2. The van der Waals surface area contributed by atoms with E-state index in [1.807, 2.05) is 36.7 Å². The highest BCUT2D eigenvalue weighted by Crippen LogP contribution is 2.25. The maximum Gasteiger partial charge on any atom is 0.163 e. The molecule has 0 bridgehead atoms. The molecule has 1 aliphatic heterocycles. The van der Waals surface area contributed by atoms with Crippen LogP contribution in [0.2, 0.25) is 0 Å². The molecule has 132 valence electrons. The van der Waals surface area contributed by atoms with Crippen molar-refractivity contribution in [1.82, 2.24) is 34.3 Å². The molecule has 26 heavy (non-hydrogen) atoms. The molecule has 0 atom stereocenters. The average Bonchev–Trinajstić information content (AvgIpc) is 3.28. The summed E-state index contributed by atoms with van der Waals surface area (Å²) in [4.78, 5) is 13.9. The molecule has 4 aromatic heterocycles. The van der Waals surface area contributed by atoms with E-state index in [-0.39, 0.29) is 0 Å². The average molecular weight is 349 g/mol. The van der Waals surface area contributed by atoms with Crippen molar-refractivity contribution < 1.29 is 0 Å². The Labute approximate surface area is 149 Å². The van der Waals surface area contributed by atoms with Crippen LogP contribution in [-0.4, -0.2) is 60.5 Å². The number of hydrogen-bond acceptors (Lipinski definition) is 7. The second kappa shape index (κ2) is 5.65. The summed E-state index contributed by atoms with van der Waals surface area (Å²) >= 11 is 0. The fourth-order valence-corrected chi connectivity index (χ4v) is 3.59. The van der Waals surface area contributed by atoms with E-state index in [0.29, 0.717) is 0 Å². The molecule has 0 amide bonds. The highest BCUT2D eigenvalue weighted by atomic mass is 15.4. The van der Waals surface area contributed by atoms with Crippen LogP contribution in [0.15, 0.2) is 30.7 Å². The summed E-state index contributed by atoms with van der Waals surface area (Å²) in [5, 5.41) is 13.5. The third-order valence-electron chi connectivity index (χ3n) is 4.90. The van der Waals surface area contributed by atoms with Gasteiger partial charge in [-0.2, -0.15) is 5.10 Å². The first-order valence-corrected chi connectivity index (χ1v) is 8.66. The van der Waals surface area contributed by atoms with E-state index in [9.17, 15) is 0 Å². The number of rotatable bonds is 2. The second-order valence-electron chi connectivity index (χ2n) is 6.52. The first-order valence-electron chi connectivity index (χ1n) is 8.66. The number of aromatic nitrogens is 7. The van der Waals surface area contributed by atoms with Crippen LogP contribution in [0.3, 0.4) is 0 Å². The van der Waals surface area contributed by atoms with Gasteiger partial charge in [-0.15, -0.1) is 10.2 Å². The summed E-state index contributed by atoms with van der Waals surface area (Å²) in [6, 6.07) is 6.11. The van der Waals surface area contributed by atoms with Gasteiger partial charge in [0.1, 0.15) is 23.8 Å². The fraction of sp³-hybridized carbons (Fsp3) is 0.353. The normalized spacial score (nSPS) is 15.3. The lowest BCUT2D eigenvalue weighted by Gasteiger charge is -2.36. The molecule has 0 spiro atoms. The van der Waals surface area contributed by atoms with Crippen LogP contribution in [0, 0.1) is 6.92 Å². The first kappa shape index (κ1) is 15.1. The van der Waals surface area contributed by atoms with Crippen molar-refractivity contribution in [3.05, 3.63) is 36.5 Å². The van der Waals surface area contributed by atoms with Crippen LogP contribution in [0.25, 0.3) is 16.7 Å². The molecule has 9 heteroatoms. The number of pyridine rings is 1. The lowest BCUT2D eigenvalue weighted by molar-refractivity contribution is 0.639. The predicted octanol–water partition coefficient (Wildman–Crippen LogP) is 1.04. The summed E-state index contributed by atoms with van der Waals surface area (Å²) in [5.74, 6) is 2.87. The van der Waals surface area contributed by atoms with Crippen molar-refractivity contribution in [2.45, 2.75) is 6.92 Å². The summed E-state index contributed by atoms with van der Waals surface area (Å²) in [7, 11) is 1.91. The van der Waals surface area contributed by atoms with Crippen molar-refractivity contribution in [3.8, 4) is 0 Å². The number of aryl methyl sites for hydroxylation is 2. The highest BCUT2D eigenvalue weighted by Gasteiger charge is 2.23. The van der Waals surface area contributed by atoms with Gasteiger partial charge in [-0.05, 0) is 19.1 Å². The van der Waals surface area contributed by atoms with Gasteiger partial charge in [-0.25, -0.2) is 9.97 Å². The van der Waals surface area contributed by atoms with Crippen LogP contribution in [-0.2, 0) is 7.05 Å². The standard InChI is InChI=1S/C17H19N9/c1-12-20-16-13(10-19-23(16)2)17(21-12)25-8-6-24(7-9-25)15-5-3-4-14-22-18-11-26(14)15/h3-5,10-11H,6-9H2,1-2H3. The maximum absolute atomic E-state index is 4.70. The Bertz CT molecular complexity index is 1090. The van der Waals surface area contributed by atoms with Gasteiger partial charge < -0.3 is 9.80 Å². The Hall–Kier alpha value is -3.23. The van der Waals surface area contributed by atoms with E-state index in [0.717, 1.165) is 60.3 Å². The predicted molar refractivity (Wildman–Crippen MR) is 98.5 cm³/mol. The van der Waals surface area contributed by atoms with Crippen LogP contribution < -0.4 is 9.80 Å². The van der Waals surface area contributed by atoms with Crippen LogP contribution in [0.4, 0.5) is 11.6 Å². The molecular weight excluding hydrogens is 330 g/mol. The Morgan fingerprint density at radius 3 is 2.65 bits per heavy atom. The minimum Gasteiger partial charge on any atom is -0.354 e. The smallest absolute Gasteiger partial charge is 0.163 e. The first-order chi connectivity index (χ1) is 12.7. The number of piperazine rings is 1. The second-order valence-corrected chi connectivity index (χ2v) is 6.52. The largest absolute Gasteiger partial charge is 0.354 e. The number of hydrogen-bond donors (Lipinski definition) is 0. The lowest BCUT2D eigenvalue weighted by Crippen LogP contribution is -2.47. The molecule has 0 aliphatic carbocycles. The van der Waals surface area contributed by atoms with Crippen LogP contribution >= 0.6 is 0 Å². The molecule has 5 heterocycles. The molecular formula is C17H19N9. The maximum atomic E-state index is 4.70. The zero-order chi connectivity index (χ0) is 17.7.